The molecule has 6 heteroatoms. The molecule has 2 heterocycles. The van der Waals surface area contributed by atoms with Crippen LogP contribution in [0.2, 0.25) is 10.3 Å². The van der Waals surface area contributed by atoms with Crippen LogP contribution in [0.1, 0.15) is 19.8 Å². The first kappa shape index (κ1) is 12.6. The molecule has 1 aliphatic heterocycles. The number of aromatic nitrogens is 2. The number of anilines is 1. The summed E-state index contributed by atoms with van der Waals surface area (Å²) in [6.45, 7) is 2.80. The van der Waals surface area contributed by atoms with Crippen molar-refractivity contribution in [2.75, 3.05) is 11.4 Å². The summed E-state index contributed by atoms with van der Waals surface area (Å²) in [7, 11) is 0. The van der Waals surface area contributed by atoms with Crippen molar-refractivity contribution in [2.24, 2.45) is 5.92 Å². The standard InChI is InChI=1S/C11H13Cl2N3O/c1-7-4-8(6-17)2-3-16(7)11-10(13)14-5-9(12)15-11/h5-8H,2-4H2,1H3. The van der Waals surface area contributed by atoms with Crippen molar-refractivity contribution in [2.45, 2.75) is 25.8 Å². The molecule has 0 spiro atoms. The van der Waals surface area contributed by atoms with Crippen LogP contribution in [0.25, 0.3) is 0 Å². The summed E-state index contributed by atoms with van der Waals surface area (Å²) < 4.78 is 0. The third-order valence-corrected chi connectivity index (χ3v) is 3.51. The van der Waals surface area contributed by atoms with Crippen LogP contribution in [0.15, 0.2) is 6.20 Å². The maximum atomic E-state index is 10.8. The molecule has 0 aromatic carbocycles. The summed E-state index contributed by atoms with van der Waals surface area (Å²) >= 11 is 11.8. The number of carbonyl (C=O) groups excluding carboxylic acids is 1. The van der Waals surface area contributed by atoms with Gasteiger partial charge in [0.2, 0.25) is 0 Å². The highest BCUT2D eigenvalue weighted by atomic mass is 35.5. The first-order chi connectivity index (χ1) is 8.11. The lowest BCUT2D eigenvalue weighted by Crippen LogP contribution is -2.42. The van der Waals surface area contributed by atoms with Gasteiger partial charge in [0, 0.05) is 18.5 Å². The van der Waals surface area contributed by atoms with Gasteiger partial charge in [-0.25, -0.2) is 9.97 Å². The highest BCUT2D eigenvalue weighted by molar-refractivity contribution is 6.33. The molecule has 1 saturated heterocycles. The summed E-state index contributed by atoms with van der Waals surface area (Å²) in [6, 6.07) is 0.212. The van der Waals surface area contributed by atoms with Crippen LogP contribution >= 0.6 is 23.2 Å². The minimum Gasteiger partial charge on any atom is -0.351 e. The van der Waals surface area contributed by atoms with E-state index < -0.39 is 0 Å². The second-order valence-electron chi connectivity index (χ2n) is 4.27. The molecule has 1 aliphatic rings. The second-order valence-corrected chi connectivity index (χ2v) is 5.02. The number of hydrogen-bond donors (Lipinski definition) is 0. The van der Waals surface area contributed by atoms with Gasteiger partial charge in [0.25, 0.3) is 0 Å². The average molecular weight is 274 g/mol. The summed E-state index contributed by atoms with van der Waals surface area (Å²) in [6.07, 6.45) is 4.09. The summed E-state index contributed by atoms with van der Waals surface area (Å²) in [5, 5.41) is 0.680. The van der Waals surface area contributed by atoms with Crippen molar-refractivity contribution in [3.8, 4) is 0 Å². The molecule has 2 unspecified atom stereocenters. The van der Waals surface area contributed by atoms with Gasteiger partial charge in [-0.3, -0.25) is 0 Å². The number of rotatable bonds is 2. The molecule has 1 aromatic heterocycles. The van der Waals surface area contributed by atoms with E-state index in [4.69, 9.17) is 23.2 Å². The maximum Gasteiger partial charge on any atom is 0.171 e. The molecular formula is C11H13Cl2N3O. The van der Waals surface area contributed by atoms with E-state index in [1.807, 2.05) is 0 Å². The minimum atomic E-state index is 0.132. The van der Waals surface area contributed by atoms with Gasteiger partial charge in [0.05, 0.1) is 6.20 Å². The van der Waals surface area contributed by atoms with Gasteiger partial charge < -0.3 is 9.69 Å². The zero-order valence-electron chi connectivity index (χ0n) is 9.44. The van der Waals surface area contributed by atoms with Crippen molar-refractivity contribution in [1.82, 2.24) is 9.97 Å². The minimum absolute atomic E-state index is 0.132. The van der Waals surface area contributed by atoms with Crippen molar-refractivity contribution < 1.29 is 4.79 Å². The molecule has 4 nitrogen and oxygen atoms in total. The van der Waals surface area contributed by atoms with E-state index in [9.17, 15) is 4.79 Å². The van der Waals surface area contributed by atoms with Crippen molar-refractivity contribution in [3.05, 3.63) is 16.5 Å². The number of aldehydes is 1. The van der Waals surface area contributed by atoms with Crippen LogP contribution in [0, 0.1) is 5.92 Å². The van der Waals surface area contributed by atoms with E-state index in [-0.39, 0.29) is 12.0 Å². The Morgan fingerprint density at radius 2 is 2.29 bits per heavy atom. The average Bonchev–Trinajstić information content (AvgIpc) is 2.32. The normalized spacial score (nSPS) is 24.8. The fourth-order valence-corrected chi connectivity index (χ4v) is 2.50. The van der Waals surface area contributed by atoms with Gasteiger partial charge in [-0.2, -0.15) is 0 Å². The van der Waals surface area contributed by atoms with Crippen LogP contribution < -0.4 is 4.90 Å². The van der Waals surface area contributed by atoms with Gasteiger partial charge in [-0.05, 0) is 19.8 Å². The molecule has 2 atom stereocenters. The van der Waals surface area contributed by atoms with Gasteiger partial charge in [0.15, 0.2) is 11.0 Å². The zero-order valence-corrected chi connectivity index (χ0v) is 10.9. The van der Waals surface area contributed by atoms with Crippen LogP contribution in [-0.4, -0.2) is 28.8 Å². The number of piperidine rings is 1. The Bertz CT molecular complexity index is 427. The number of carbonyl (C=O) groups is 1. The molecule has 92 valence electrons. The predicted octanol–water partition coefficient (Wildman–Crippen LogP) is 2.59. The third kappa shape index (κ3) is 2.69. The topological polar surface area (TPSA) is 46.1 Å². The SMILES string of the molecule is CC1CC(C=O)CCN1c1nc(Cl)cnc1Cl. The summed E-state index contributed by atoms with van der Waals surface area (Å²) in [4.78, 5) is 21.0. The predicted molar refractivity (Wildman–Crippen MR) is 67.6 cm³/mol. The first-order valence-electron chi connectivity index (χ1n) is 5.51. The quantitative estimate of drug-likeness (QED) is 0.778. The Morgan fingerprint density at radius 1 is 1.53 bits per heavy atom. The first-order valence-corrected chi connectivity index (χ1v) is 6.27. The lowest BCUT2D eigenvalue weighted by atomic mass is 9.93. The number of halogens is 2. The zero-order chi connectivity index (χ0) is 12.4. The van der Waals surface area contributed by atoms with E-state index in [2.05, 4.69) is 21.8 Å². The third-order valence-electron chi connectivity index (χ3n) is 3.06. The molecule has 0 amide bonds. The van der Waals surface area contributed by atoms with Crippen molar-refractivity contribution in [1.29, 1.82) is 0 Å². The van der Waals surface area contributed by atoms with Crippen molar-refractivity contribution >= 4 is 35.3 Å². The van der Waals surface area contributed by atoms with E-state index in [0.717, 1.165) is 25.7 Å². The van der Waals surface area contributed by atoms with Gasteiger partial charge in [0.1, 0.15) is 11.4 Å². The molecule has 1 aromatic rings. The van der Waals surface area contributed by atoms with E-state index >= 15 is 0 Å². The Kier molecular flexibility index (Phi) is 3.84. The lowest BCUT2D eigenvalue weighted by molar-refractivity contribution is -0.111. The Labute approximate surface area is 110 Å². The maximum absolute atomic E-state index is 10.8. The Hall–Kier alpha value is -0.870. The number of nitrogens with zero attached hydrogens (tertiary/aromatic N) is 3. The van der Waals surface area contributed by atoms with Crippen LogP contribution in [0.5, 0.6) is 0 Å². The summed E-state index contributed by atoms with van der Waals surface area (Å²) in [5.41, 5.74) is 0. The summed E-state index contributed by atoms with van der Waals surface area (Å²) in [5.74, 6) is 0.739. The molecule has 0 radical (unpaired) electrons. The fourth-order valence-electron chi connectivity index (χ4n) is 2.17. The molecule has 0 aliphatic carbocycles. The van der Waals surface area contributed by atoms with E-state index in [1.54, 1.807) is 0 Å². The van der Waals surface area contributed by atoms with E-state index in [0.29, 0.717) is 16.1 Å². The monoisotopic (exact) mass is 273 g/mol. The smallest absolute Gasteiger partial charge is 0.171 e. The Balaban J connectivity index is 2.22. The van der Waals surface area contributed by atoms with Gasteiger partial charge in [-0.15, -0.1) is 0 Å². The van der Waals surface area contributed by atoms with Crippen LogP contribution in [0.4, 0.5) is 5.82 Å². The molecule has 17 heavy (non-hydrogen) atoms. The number of hydrogen-bond acceptors (Lipinski definition) is 4. The van der Waals surface area contributed by atoms with Crippen LogP contribution in [0.3, 0.4) is 0 Å². The Morgan fingerprint density at radius 3 is 2.94 bits per heavy atom. The molecule has 0 N–H and O–H groups in total. The molecule has 0 bridgehead atoms. The van der Waals surface area contributed by atoms with Crippen LogP contribution in [-0.2, 0) is 4.79 Å². The highest BCUT2D eigenvalue weighted by Gasteiger charge is 2.27. The van der Waals surface area contributed by atoms with Crippen molar-refractivity contribution in [3.63, 3.8) is 0 Å². The second kappa shape index (κ2) is 5.19. The largest absolute Gasteiger partial charge is 0.351 e. The van der Waals surface area contributed by atoms with Gasteiger partial charge in [-0.1, -0.05) is 23.2 Å². The van der Waals surface area contributed by atoms with Gasteiger partial charge >= 0.3 is 0 Å². The highest BCUT2D eigenvalue weighted by Crippen LogP contribution is 2.30. The fraction of sp³-hybridized carbons (Fsp3) is 0.545. The lowest BCUT2D eigenvalue weighted by Gasteiger charge is -2.36. The van der Waals surface area contributed by atoms with E-state index in [1.165, 1.54) is 6.20 Å². The molecule has 2 rings (SSSR count). The molecular weight excluding hydrogens is 261 g/mol. The molecule has 0 saturated carbocycles. The molecule has 1 fully saturated rings.